The molecule has 118 valence electrons. The van der Waals surface area contributed by atoms with E-state index >= 15 is 0 Å². The highest BCUT2D eigenvalue weighted by atomic mass is 35.5. The lowest BCUT2D eigenvalue weighted by atomic mass is 10.1. The highest BCUT2D eigenvalue weighted by Crippen LogP contribution is 2.17. The first-order valence-corrected chi connectivity index (χ1v) is 7.09. The van der Waals surface area contributed by atoms with Crippen LogP contribution in [-0.4, -0.2) is 4.98 Å². The fourth-order valence-corrected chi connectivity index (χ4v) is 2.55. The quantitative estimate of drug-likeness (QED) is 0.675. The molecule has 0 aliphatic carbocycles. The van der Waals surface area contributed by atoms with E-state index in [1.165, 1.54) is 27.7 Å². The minimum Gasteiger partial charge on any atom is -0.357 e. The van der Waals surface area contributed by atoms with Crippen LogP contribution in [0.1, 0.15) is 29.8 Å². The Bertz CT molecular complexity index is 689. The molecule has 1 atom stereocenters. The fraction of sp³-hybridized carbons (Fsp3) is 0.222. The SMILES string of the molecule is Cc1cccc([C@@H](C)NCc2cc3ccccc3[nH]2)c1.Cl.Cl. The highest BCUT2D eigenvalue weighted by molar-refractivity contribution is 5.85. The number of hydrogen-bond acceptors (Lipinski definition) is 1. The second-order valence-corrected chi connectivity index (χ2v) is 5.40. The first-order valence-electron chi connectivity index (χ1n) is 7.09. The van der Waals surface area contributed by atoms with Crippen LogP contribution in [0.5, 0.6) is 0 Å². The van der Waals surface area contributed by atoms with Crippen molar-refractivity contribution in [2.24, 2.45) is 0 Å². The van der Waals surface area contributed by atoms with Crippen molar-refractivity contribution in [2.45, 2.75) is 26.4 Å². The number of benzene rings is 2. The van der Waals surface area contributed by atoms with Gasteiger partial charge >= 0.3 is 0 Å². The molecule has 2 N–H and O–H groups in total. The predicted molar refractivity (Wildman–Crippen MR) is 99.2 cm³/mol. The number of H-pyrrole nitrogens is 1. The molecule has 2 nitrogen and oxygen atoms in total. The fourth-order valence-electron chi connectivity index (χ4n) is 2.55. The molecule has 0 saturated carbocycles. The first kappa shape index (κ1) is 18.6. The van der Waals surface area contributed by atoms with Gasteiger partial charge in [-0.3, -0.25) is 0 Å². The van der Waals surface area contributed by atoms with Gasteiger partial charge < -0.3 is 10.3 Å². The third-order valence-electron chi connectivity index (χ3n) is 3.73. The molecule has 2 aromatic carbocycles. The molecule has 1 heterocycles. The molecule has 3 aromatic rings. The van der Waals surface area contributed by atoms with Gasteiger partial charge in [0.15, 0.2) is 0 Å². The molecule has 0 saturated heterocycles. The van der Waals surface area contributed by atoms with Gasteiger partial charge in [0.2, 0.25) is 0 Å². The maximum atomic E-state index is 3.57. The van der Waals surface area contributed by atoms with Crippen LogP contribution < -0.4 is 5.32 Å². The van der Waals surface area contributed by atoms with Crippen molar-refractivity contribution in [1.29, 1.82) is 0 Å². The summed E-state index contributed by atoms with van der Waals surface area (Å²) in [4.78, 5) is 3.45. The van der Waals surface area contributed by atoms with E-state index in [1.54, 1.807) is 0 Å². The third kappa shape index (κ3) is 4.26. The minimum absolute atomic E-state index is 0. The van der Waals surface area contributed by atoms with Crippen LogP contribution in [-0.2, 0) is 6.54 Å². The van der Waals surface area contributed by atoms with Gasteiger partial charge in [0, 0.05) is 23.8 Å². The lowest BCUT2D eigenvalue weighted by Gasteiger charge is -2.14. The van der Waals surface area contributed by atoms with Gasteiger partial charge in [-0.25, -0.2) is 0 Å². The molecule has 0 unspecified atom stereocenters. The van der Waals surface area contributed by atoms with E-state index < -0.39 is 0 Å². The lowest BCUT2D eigenvalue weighted by Crippen LogP contribution is -2.18. The number of para-hydroxylation sites is 1. The number of rotatable bonds is 4. The Kier molecular flexibility index (Phi) is 6.95. The summed E-state index contributed by atoms with van der Waals surface area (Å²) in [7, 11) is 0. The second-order valence-electron chi connectivity index (χ2n) is 5.40. The van der Waals surface area contributed by atoms with Gasteiger partial charge in [-0.1, -0.05) is 48.0 Å². The molecular formula is C18H22Cl2N2. The Balaban J connectivity index is 0.00000121. The van der Waals surface area contributed by atoms with E-state index in [4.69, 9.17) is 0 Å². The van der Waals surface area contributed by atoms with Gasteiger partial charge in [-0.15, -0.1) is 24.8 Å². The van der Waals surface area contributed by atoms with Gasteiger partial charge in [-0.05, 0) is 36.9 Å². The Morgan fingerprint density at radius 1 is 1.00 bits per heavy atom. The highest BCUT2D eigenvalue weighted by Gasteiger charge is 2.06. The Hall–Kier alpha value is -1.48. The average molecular weight is 337 g/mol. The minimum atomic E-state index is 0. The maximum absolute atomic E-state index is 3.57. The van der Waals surface area contributed by atoms with Gasteiger partial charge in [0.25, 0.3) is 0 Å². The smallest absolute Gasteiger partial charge is 0.0456 e. The molecule has 3 rings (SSSR count). The van der Waals surface area contributed by atoms with Gasteiger partial charge in [0.1, 0.15) is 0 Å². The molecule has 0 aliphatic rings. The predicted octanol–water partition coefficient (Wildman–Crippen LogP) is 5.17. The number of hydrogen-bond donors (Lipinski definition) is 2. The third-order valence-corrected chi connectivity index (χ3v) is 3.73. The number of fused-ring (bicyclic) bond motifs is 1. The summed E-state index contributed by atoms with van der Waals surface area (Å²) in [5.74, 6) is 0. The van der Waals surface area contributed by atoms with Crippen LogP contribution in [0.25, 0.3) is 10.9 Å². The summed E-state index contributed by atoms with van der Waals surface area (Å²) in [5.41, 5.74) is 5.07. The zero-order chi connectivity index (χ0) is 13.9. The van der Waals surface area contributed by atoms with E-state index in [0.29, 0.717) is 6.04 Å². The molecule has 22 heavy (non-hydrogen) atoms. The van der Waals surface area contributed by atoms with E-state index in [1.807, 2.05) is 0 Å². The van der Waals surface area contributed by atoms with Crippen LogP contribution in [0.4, 0.5) is 0 Å². The molecule has 0 bridgehead atoms. The Morgan fingerprint density at radius 3 is 2.50 bits per heavy atom. The molecular weight excluding hydrogens is 315 g/mol. The summed E-state index contributed by atoms with van der Waals surface area (Å²) in [6.45, 7) is 5.19. The summed E-state index contributed by atoms with van der Waals surface area (Å²) in [5, 5.41) is 4.84. The topological polar surface area (TPSA) is 27.8 Å². The van der Waals surface area contributed by atoms with Crippen molar-refractivity contribution in [3.8, 4) is 0 Å². The van der Waals surface area contributed by atoms with Crippen LogP contribution in [0.15, 0.2) is 54.6 Å². The van der Waals surface area contributed by atoms with E-state index in [2.05, 4.69) is 78.7 Å². The summed E-state index contributed by atoms with van der Waals surface area (Å²) < 4.78 is 0. The van der Waals surface area contributed by atoms with Gasteiger partial charge in [-0.2, -0.15) is 0 Å². The van der Waals surface area contributed by atoms with E-state index in [9.17, 15) is 0 Å². The van der Waals surface area contributed by atoms with Crippen molar-refractivity contribution in [1.82, 2.24) is 10.3 Å². The average Bonchev–Trinajstić information content (AvgIpc) is 2.87. The molecule has 0 spiro atoms. The maximum Gasteiger partial charge on any atom is 0.0456 e. The lowest BCUT2D eigenvalue weighted by molar-refractivity contribution is 0.569. The number of aromatic amines is 1. The van der Waals surface area contributed by atoms with Crippen molar-refractivity contribution in [2.75, 3.05) is 0 Å². The van der Waals surface area contributed by atoms with Crippen LogP contribution in [0.2, 0.25) is 0 Å². The number of aromatic nitrogens is 1. The van der Waals surface area contributed by atoms with Crippen molar-refractivity contribution < 1.29 is 0 Å². The summed E-state index contributed by atoms with van der Waals surface area (Å²) >= 11 is 0. The number of aryl methyl sites for hydroxylation is 1. The van der Waals surface area contributed by atoms with Crippen molar-refractivity contribution in [3.05, 3.63) is 71.4 Å². The second kappa shape index (κ2) is 8.23. The normalized spacial score (nSPS) is 11.5. The Labute approximate surface area is 144 Å². The van der Waals surface area contributed by atoms with Crippen molar-refractivity contribution >= 4 is 35.7 Å². The molecule has 4 heteroatoms. The van der Waals surface area contributed by atoms with Gasteiger partial charge in [0.05, 0.1) is 0 Å². The number of halogens is 2. The molecule has 0 radical (unpaired) electrons. The largest absolute Gasteiger partial charge is 0.357 e. The molecule has 0 fully saturated rings. The zero-order valence-electron chi connectivity index (χ0n) is 12.8. The van der Waals surface area contributed by atoms with E-state index in [-0.39, 0.29) is 24.8 Å². The van der Waals surface area contributed by atoms with Crippen LogP contribution in [0, 0.1) is 6.92 Å². The summed E-state index contributed by atoms with van der Waals surface area (Å²) in [6, 6.07) is 19.6. The first-order chi connectivity index (χ1) is 9.72. The molecule has 0 aliphatic heterocycles. The standard InChI is InChI=1S/C18H20N2.2ClH/c1-13-6-5-8-15(10-13)14(2)19-12-17-11-16-7-3-4-9-18(16)20-17;;/h3-11,14,19-20H,12H2,1-2H3;2*1H/t14-;;/m1../s1. The van der Waals surface area contributed by atoms with E-state index in [0.717, 1.165) is 6.54 Å². The van der Waals surface area contributed by atoms with Crippen LogP contribution in [0.3, 0.4) is 0 Å². The van der Waals surface area contributed by atoms with Crippen molar-refractivity contribution in [3.63, 3.8) is 0 Å². The number of nitrogens with one attached hydrogen (secondary N) is 2. The Morgan fingerprint density at radius 2 is 1.77 bits per heavy atom. The molecule has 0 amide bonds. The zero-order valence-corrected chi connectivity index (χ0v) is 14.4. The molecule has 1 aromatic heterocycles. The van der Waals surface area contributed by atoms with Crippen LogP contribution >= 0.6 is 24.8 Å². The monoisotopic (exact) mass is 336 g/mol. The summed E-state index contributed by atoms with van der Waals surface area (Å²) in [6.07, 6.45) is 0.